The molecule has 1 aliphatic carbocycles. The summed E-state index contributed by atoms with van der Waals surface area (Å²) in [7, 11) is 0. The first-order chi connectivity index (χ1) is 13.5. The summed E-state index contributed by atoms with van der Waals surface area (Å²) in [6.07, 6.45) is 5.74. The Hall–Kier alpha value is -1.60. The monoisotopic (exact) mass is 405 g/mol. The Bertz CT molecular complexity index is 722. The molecule has 1 spiro atoms. The van der Waals surface area contributed by atoms with Crippen molar-refractivity contribution in [2.75, 3.05) is 26.2 Å². The fourth-order valence-electron chi connectivity index (χ4n) is 4.67. The normalized spacial score (nSPS) is 24.2. The Labute approximate surface area is 171 Å². The van der Waals surface area contributed by atoms with E-state index in [1.54, 1.807) is 0 Å². The molecule has 1 N–H and O–H groups in total. The first kappa shape index (κ1) is 19.7. The Morgan fingerprint density at radius 1 is 1.29 bits per heavy atom. The van der Waals surface area contributed by atoms with Crippen molar-refractivity contribution in [3.05, 3.63) is 21.9 Å². The summed E-state index contributed by atoms with van der Waals surface area (Å²) in [5.41, 5.74) is 0.871. The van der Waals surface area contributed by atoms with Crippen LogP contribution in [-0.2, 0) is 4.74 Å². The van der Waals surface area contributed by atoms with Crippen LogP contribution in [0, 0.1) is 6.92 Å². The number of likely N-dealkylation sites (tertiary alicyclic amines) is 1. The summed E-state index contributed by atoms with van der Waals surface area (Å²) >= 11 is 1.53. The van der Waals surface area contributed by atoms with Gasteiger partial charge in [0.2, 0.25) is 0 Å². The molecule has 7 heteroatoms. The minimum Gasteiger partial charge on any atom is -0.375 e. The third-order valence-electron chi connectivity index (χ3n) is 6.38. The van der Waals surface area contributed by atoms with Crippen molar-refractivity contribution in [2.45, 2.75) is 70.1 Å². The number of thiophene rings is 1. The van der Waals surface area contributed by atoms with E-state index >= 15 is 0 Å². The first-order valence-electron chi connectivity index (χ1n) is 10.6. The molecule has 3 amide bonds. The standard InChI is InChI=1S/C21H31N3O3S/c1-3-22-20(26)24(16-4-5-16)17-6-12-27-21(14-17)8-10-23(11-9-21)19(25)18-15(2)7-13-28-18/h7,13,16-17H,3-6,8-12,14H2,1-2H3,(H,22,26). The Morgan fingerprint density at radius 2 is 2.04 bits per heavy atom. The van der Waals surface area contributed by atoms with Gasteiger partial charge in [-0.1, -0.05) is 0 Å². The van der Waals surface area contributed by atoms with Crippen LogP contribution in [0.15, 0.2) is 11.4 Å². The summed E-state index contributed by atoms with van der Waals surface area (Å²) < 4.78 is 6.28. The zero-order chi connectivity index (χ0) is 19.7. The zero-order valence-electron chi connectivity index (χ0n) is 16.9. The van der Waals surface area contributed by atoms with Gasteiger partial charge in [0.05, 0.1) is 10.5 Å². The minimum atomic E-state index is -0.191. The molecule has 28 heavy (non-hydrogen) atoms. The quantitative estimate of drug-likeness (QED) is 0.835. The number of carbonyl (C=O) groups is 2. The van der Waals surface area contributed by atoms with Gasteiger partial charge in [-0.05, 0) is 69.4 Å². The number of carbonyl (C=O) groups excluding carboxylic acids is 2. The lowest BCUT2D eigenvalue weighted by Crippen LogP contribution is -2.57. The molecule has 3 fully saturated rings. The molecule has 4 rings (SSSR count). The number of nitrogens with one attached hydrogen (secondary N) is 1. The van der Waals surface area contributed by atoms with Crippen molar-refractivity contribution in [1.29, 1.82) is 0 Å². The second kappa shape index (κ2) is 8.03. The number of amides is 3. The van der Waals surface area contributed by atoms with Crippen LogP contribution in [0.2, 0.25) is 0 Å². The lowest BCUT2D eigenvalue weighted by Gasteiger charge is -2.48. The van der Waals surface area contributed by atoms with Crippen LogP contribution in [0.4, 0.5) is 4.79 Å². The van der Waals surface area contributed by atoms with Crippen molar-refractivity contribution in [3.63, 3.8) is 0 Å². The van der Waals surface area contributed by atoms with E-state index in [4.69, 9.17) is 4.74 Å². The van der Waals surface area contributed by atoms with E-state index in [0.29, 0.717) is 19.2 Å². The average Bonchev–Trinajstić information content (AvgIpc) is 3.42. The molecule has 0 radical (unpaired) electrons. The van der Waals surface area contributed by atoms with Gasteiger partial charge < -0.3 is 19.9 Å². The van der Waals surface area contributed by atoms with E-state index < -0.39 is 0 Å². The maximum Gasteiger partial charge on any atom is 0.317 e. The number of ether oxygens (including phenoxy) is 1. The third-order valence-corrected chi connectivity index (χ3v) is 7.39. The van der Waals surface area contributed by atoms with Gasteiger partial charge in [-0.3, -0.25) is 4.79 Å². The van der Waals surface area contributed by atoms with E-state index in [0.717, 1.165) is 62.1 Å². The number of hydrogen-bond donors (Lipinski definition) is 1. The first-order valence-corrected chi connectivity index (χ1v) is 11.4. The summed E-state index contributed by atoms with van der Waals surface area (Å²) in [5.74, 6) is 0.150. The highest BCUT2D eigenvalue weighted by Crippen LogP contribution is 2.40. The maximum absolute atomic E-state index is 12.8. The van der Waals surface area contributed by atoms with Crippen molar-refractivity contribution < 1.29 is 14.3 Å². The van der Waals surface area contributed by atoms with E-state index in [1.807, 2.05) is 30.2 Å². The van der Waals surface area contributed by atoms with Gasteiger partial charge in [0, 0.05) is 38.3 Å². The number of nitrogens with zero attached hydrogens (tertiary/aromatic N) is 2. The molecule has 3 aliphatic rings. The number of piperidine rings is 1. The SMILES string of the molecule is CCNC(=O)N(C1CC1)C1CCOC2(CCN(C(=O)c3sccc3C)CC2)C1. The topological polar surface area (TPSA) is 61.9 Å². The van der Waals surface area contributed by atoms with Gasteiger partial charge in [0.15, 0.2) is 0 Å². The van der Waals surface area contributed by atoms with Gasteiger partial charge >= 0.3 is 6.03 Å². The van der Waals surface area contributed by atoms with E-state index in [9.17, 15) is 9.59 Å². The molecule has 1 aromatic heterocycles. The second-order valence-corrected chi connectivity index (χ2v) is 9.29. The lowest BCUT2D eigenvalue weighted by atomic mass is 9.81. The Kier molecular flexibility index (Phi) is 5.65. The Morgan fingerprint density at radius 3 is 2.64 bits per heavy atom. The van der Waals surface area contributed by atoms with E-state index in [1.165, 1.54) is 11.3 Å². The second-order valence-electron chi connectivity index (χ2n) is 8.38. The lowest BCUT2D eigenvalue weighted by molar-refractivity contribution is -0.126. The van der Waals surface area contributed by atoms with Crippen LogP contribution < -0.4 is 5.32 Å². The van der Waals surface area contributed by atoms with Gasteiger partial charge in [-0.2, -0.15) is 0 Å². The molecular weight excluding hydrogens is 374 g/mol. The molecule has 0 bridgehead atoms. The predicted octanol–water partition coefficient (Wildman–Crippen LogP) is 3.40. The van der Waals surface area contributed by atoms with Crippen LogP contribution in [0.25, 0.3) is 0 Å². The van der Waals surface area contributed by atoms with Gasteiger partial charge in [0.1, 0.15) is 0 Å². The third kappa shape index (κ3) is 3.92. The fraction of sp³-hybridized carbons (Fsp3) is 0.714. The van der Waals surface area contributed by atoms with E-state index in [2.05, 4.69) is 10.2 Å². The zero-order valence-corrected chi connectivity index (χ0v) is 17.7. The van der Waals surface area contributed by atoms with Crippen LogP contribution in [0.5, 0.6) is 0 Å². The molecule has 1 unspecified atom stereocenters. The van der Waals surface area contributed by atoms with Crippen molar-refractivity contribution in [1.82, 2.24) is 15.1 Å². The molecule has 2 aliphatic heterocycles. The van der Waals surface area contributed by atoms with Gasteiger partial charge in [-0.15, -0.1) is 11.3 Å². The molecular formula is C21H31N3O3S. The Balaban J connectivity index is 1.40. The molecule has 3 heterocycles. The number of urea groups is 1. The van der Waals surface area contributed by atoms with Crippen LogP contribution >= 0.6 is 11.3 Å². The van der Waals surface area contributed by atoms with Crippen LogP contribution in [0.1, 0.15) is 60.7 Å². The average molecular weight is 406 g/mol. The van der Waals surface area contributed by atoms with E-state index in [-0.39, 0.29) is 23.6 Å². The summed E-state index contributed by atoms with van der Waals surface area (Å²) in [4.78, 5) is 30.4. The van der Waals surface area contributed by atoms with Crippen molar-refractivity contribution in [2.24, 2.45) is 0 Å². The number of hydrogen-bond acceptors (Lipinski definition) is 4. The van der Waals surface area contributed by atoms with Crippen molar-refractivity contribution >= 4 is 23.3 Å². The molecule has 1 saturated carbocycles. The highest BCUT2D eigenvalue weighted by Gasteiger charge is 2.46. The summed E-state index contributed by atoms with van der Waals surface area (Å²) in [6.45, 7) is 6.79. The van der Waals surface area contributed by atoms with Crippen molar-refractivity contribution in [3.8, 4) is 0 Å². The highest BCUT2D eigenvalue weighted by atomic mass is 32.1. The predicted molar refractivity (Wildman–Crippen MR) is 110 cm³/mol. The number of rotatable bonds is 4. The minimum absolute atomic E-state index is 0.0767. The van der Waals surface area contributed by atoms with Gasteiger partial charge in [0.25, 0.3) is 5.91 Å². The van der Waals surface area contributed by atoms with Crippen LogP contribution in [-0.4, -0.2) is 65.7 Å². The van der Waals surface area contributed by atoms with Crippen LogP contribution in [0.3, 0.4) is 0 Å². The molecule has 154 valence electrons. The summed E-state index contributed by atoms with van der Waals surface area (Å²) in [6, 6.07) is 2.73. The molecule has 0 aromatic carbocycles. The maximum atomic E-state index is 12.8. The molecule has 2 saturated heterocycles. The number of aryl methyl sites for hydroxylation is 1. The smallest absolute Gasteiger partial charge is 0.317 e. The molecule has 6 nitrogen and oxygen atoms in total. The largest absolute Gasteiger partial charge is 0.375 e. The molecule has 1 aromatic rings. The highest BCUT2D eigenvalue weighted by molar-refractivity contribution is 7.12. The summed E-state index contributed by atoms with van der Waals surface area (Å²) in [5, 5.41) is 4.98. The fourth-order valence-corrected chi connectivity index (χ4v) is 5.56. The molecule has 1 atom stereocenters. The van der Waals surface area contributed by atoms with Gasteiger partial charge in [-0.25, -0.2) is 4.79 Å².